The van der Waals surface area contributed by atoms with E-state index in [9.17, 15) is 9.59 Å². The van der Waals surface area contributed by atoms with Crippen molar-refractivity contribution in [3.05, 3.63) is 82.4 Å². The van der Waals surface area contributed by atoms with E-state index in [1.807, 2.05) is 55.5 Å². The largest absolute Gasteiger partial charge is 0.325 e. The molecule has 0 saturated heterocycles. The second-order valence-electron chi connectivity index (χ2n) is 9.24. The third-order valence-corrected chi connectivity index (χ3v) is 7.84. The number of halogens is 1. The van der Waals surface area contributed by atoms with Gasteiger partial charge in [0.05, 0.1) is 16.0 Å². The number of nitrogens with zero attached hydrogens (tertiary/aromatic N) is 1. The summed E-state index contributed by atoms with van der Waals surface area (Å²) in [6, 6.07) is 18.7. The van der Waals surface area contributed by atoms with Crippen LogP contribution in [0.4, 0.5) is 11.4 Å². The van der Waals surface area contributed by atoms with Crippen LogP contribution in [0.15, 0.2) is 65.0 Å². The van der Waals surface area contributed by atoms with E-state index in [0.29, 0.717) is 22.0 Å². The van der Waals surface area contributed by atoms with E-state index < -0.39 is 0 Å². The number of nitrogens with one attached hydrogen (secondary N) is 2. The third-order valence-electron chi connectivity index (χ3n) is 5.44. The number of hydrogen-bond acceptors (Lipinski definition) is 5. The van der Waals surface area contributed by atoms with E-state index in [2.05, 4.69) is 36.4 Å². The monoisotopic (exact) mass is 523 g/mol. The molecule has 3 aromatic carbocycles. The van der Waals surface area contributed by atoms with Gasteiger partial charge in [-0.3, -0.25) is 9.59 Å². The van der Waals surface area contributed by atoms with E-state index >= 15 is 0 Å². The highest BCUT2D eigenvalue weighted by Gasteiger charge is 2.15. The van der Waals surface area contributed by atoms with E-state index in [-0.39, 0.29) is 23.0 Å². The number of rotatable bonds is 6. The number of hydrogen-bond donors (Lipinski definition) is 2. The molecule has 0 unspecified atom stereocenters. The van der Waals surface area contributed by atoms with Crippen LogP contribution in [0.1, 0.15) is 42.3 Å². The van der Waals surface area contributed by atoms with Crippen LogP contribution in [-0.4, -0.2) is 22.6 Å². The Balaban J connectivity index is 1.38. The summed E-state index contributed by atoms with van der Waals surface area (Å²) >= 11 is 8.90. The predicted octanol–water partition coefficient (Wildman–Crippen LogP) is 7.54. The zero-order chi connectivity index (χ0) is 25.2. The van der Waals surface area contributed by atoms with Gasteiger partial charge in [-0.05, 0) is 65.9 Å². The topological polar surface area (TPSA) is 71.1 Å². The van der Waals surface area contributed by atoms with Gasteiger partial charge in [0.2, 0.25) is 5.91 Å². The Hall–Kier alpha value is -2.87. The molecule has 4 rings (SSSR count). The lowest BCUT2D eigenvalue weighted by Gasteiger charge is -2.19. The number of fused-ring (bicyclic) bond motifs is 1. The van der Waals surface area contributed by atoms with Gasteiger partial charge in [-0.1, -0.05) is 62.3 Å². The quantitative estimate of drug-likeness (QED) is 0.256. The zero-order valence-electron chi connectivity index (χ0n) is 19.9. The first kappa shape index (κ1) is 25.2. The van der Waals surface area contributed by atoms with Crippen LogP contribution in [0.5, 0.6) is 0 Å². The van der Waals surface area contributed by atoms with Gasteiger partial charge < -0.3 is 10.6 Å². The molecule has 0 aliphatic heterocycles. The summed E-state index contributed by atoms with van der Waals surface area (Å²) in [5.74, 6) is -0.0399. The van der Waals surface area contributed by atoms with Gasteiger partial charge in [0.15, 0.2) is 4.34 Å². The first-order valence-corrected chi connectivity index (χ1v) is 13.3. The molecule has 0 bridgehead atoms. The summed E-state index contributed by atoms with van der Waals surface area (Å²) in [4.78, 5) is 29.7. The smallest absolute Gasteiger partial charge is 0.255 e. The van der Waals surface area contributed by atoms with Crippen LogP contribution >= 0.6 is 34.7 Å². The van der Waals surface area contributed by atoms with Crippen molar-refractivity contribution in [2.45, 2.75) is 37.4 Å². The summed E-state index contributed by atoms with van der Waals surface area (Å²) in [7, 11) is 0. The fourth-order valence-electron chi connectivity index (χ4n) is 3.41. The minimum absolute atomic E-state index is 0.0385. The highest BCUT2D eigenvalue weighted by Crippen LogP contribution is 2.32. The van der Waals surface area contributed by atoms with Crippen LogP contribution in [-0.2, 0) is 10.2 Å². The molecule has 0 aliphatic rings. The van der Waals surface area contributed by atoms with Crippen LogP contribution in [0.2, 0.25) is 5.02 Å². The fraction of sp³-hybridized carbons (Fsp3) is 0.222. The number of carbonyl (C=O) groups is 2. The molecule has 2 N–H and O–H groups in total. The Kier molecular flexibility index (Phi) is 7.50. The van der Waals surface area contributed by atoms with Gasteiger partial charge in [-0.15, -0.1) is 11.3 Å². The summed E-state index contributed by atoms with van der Waals surface area (Å²) in [5, 5.41) is 6.44. The van der Waals surface area contributed by atoms with E-state index in [1.165, 1.54) is 28.7 Å². The van der Waals surface area contributed by atoms with Crippen LogP contribution < -0.4 is 10.6 Å². The number of amides is 2. The number of carbonyl (C=O) groups excluding carboxylic acids is 2. The van der Waals surface area contributed by atoms with Crippen molar-refractivity contribution < 1.29 is 9.59 Å². The molecule has 0 radical (unpaired) electrons. The van der Waals surface area contributed by atoms with Crippen molar-refractivity contribution >= 4 is 68.1 Å². The van der Waals surface area contributed by atoms with Gasteiger partial charge in [0.25, 0.3) is 5.91 Å². The SMILES string of the molecule is Cc1ccc(Cl)cc1NC(=O)CSc1nc2ccc(NC(=O)c3ccc(C(C)(C)C)cc3)cc2s1. The second kappa shape index (κ2) is 10.4. The Morgan fingerprint density at radius 2 is 1.74 bits per heavy atom. The molecule has 0 spiro atoms. The van der Waals surface area contributed by atoms with E-state index in [0.717, 1.165) is 20.1 Å². The van der Waals surface area contributed by atoms with Crippen molar-refractivity contribution in [1.29, 1.82) is 0 Å². The van der Waals surface area contributed by atoms with Crippen molar-refractivity contribution in [2.75, 3.05) is 16.4 Å². The lowest BCUT2D eigenvalue weighted by Crippen LogP contribution is -2.14. The molecule has 35 heavy (non-hydrogen) atoms. The molecule has 4 aromatic rings. The molecule has 0 atom stereocenters. The van der Waals surface area contributed by atoms with E-state index in [4.69, 9.17) is 11.6 Å². The number of aryl methyl sites for hydroxylation is 1. The molecule has 0 aliphatic carbocycles. The van der Waals surface area contributed by atoms with Gasteiger partial charge in [0.1, 0.15) is 0 Å². The molecular formula is C27H26ClN3O2S2. The summed E-state index contributed by atoms with van der Waals surface area (Å²) in [6.07, 6.45) is 0. The Morgan fingerprint density at radius 1 is 1.00 bits per heavy atom. The number of thioether (sulfide) groups is 1. The molecule has 8 heteroatoms. The molecule has 2 amide bonds. The van der Waals surface area contributed by atoms with Crippen molar-refractivity contribution in [3.63, 3.8) is 0 Å². The van der Waals surface area contributed by atoms with Gasteiger partial charge >= 0.3 is 0 Å². The Labute approximate surface area is 218 Å². The highest BCUT2D eigenvalue weighted by molar-refractivity contribution is 8.01. The van der Waals surface area contributed by atoms with Crippen molar-refractivity contribution in [3.8, 4) is 0 Å². The summed E-state index contributed by atoms with van der Waals surface area (Å²) in [6.45, 7) is 8.35. The highest BCUT2D eigenvalue weighted by atomic mass is 35.5. The first-order valence-electron chi connectivity index (χ1n) is 11.1. The van der Waals surface area contributed by atoms with Gasteiger partial charge in [-0.2, -0.15) is 0 Å². The number of aromatic nitrogens is 1. The minimum atomic E-state index is -0.156. The molecule has 180 valence electrons. The second-order valence-corrected chi connectivity index (χ2v) is 11.9. The fourth-order valence-corrected chi connectivity index (χ4v) is 5.49. The molecule has 1 aromatic heterocycles. The zero-order valence-corrected chi connectivity index (χ0v) is 22.3. The number of anilines is 2. The number of thiazole rings is 1. The predicted molar refractivity (Wildman–Crippen MR) is 148 cm³/mol. The maximum absolute atomic E-state index is 12.7. The van der Waals surface area contributed by atoms with Crippen molar-refractivity contribution in [2.24, 2.45) is 0 Å². The van der Waals surface area contributed by atoms with Crippen LogP contribution in [0.3, 0.4) is 0 Å². The minimum Gasteiger partial charge on any atom is -0.325 e. The summed E-state index contributed by atoms with van der Waals surface area (Å²) in [5.41, 5.74) is 5.03. The van der Waals surface area contributed by atoms with Crippen molar-refractivity contribution in [1.82, 2.24) is 4.98 Å². The standard InChI is InChI=1S/C27H26ClN3O2S2/c1-16-5-10-19(28)13-22(16)30-24(32)15-34-26-31-21-12-11-20(14-23(21)35-26)29-25(33)17-6-8-18(9-7-17)27(2,3)4/h5-14H,15H2,1-4H3,(H,29,33)(H,30,32). The molecular weight excluding hydrogens is 498 g/mol. The van der Waals surface area contributed by atoms with Gasteiger partial charge in [0, 0.05) is 22.0 Å². The lowest BCUT2D eigenvalue weighted by molar-refractivity contribution is -0.113. The first-order chi connectivity index (χ1) is 16.6. The Bertz CT molecular complexity index is 1390. The number of benzene rings is 3. The maximum atomic E-state index is 12.7. The molecule has 5 nitrogen and oxygen atoms in total. The molecule has 0 fully saturated rings. The summed E-state index contributed by atoms with van der Waals surface area (Å²) < 4.78 is 1.73. The Morgan fingerprint density at radius 3 is 2.46 bits per heavy atom. The van der Waals surface area contributed by atoms with Gasteiger partial charge in [-0.25, -0.2) is 4.98 Å². The van der Waals surface area contributed by atoms with E-state index in [1.54, 1.807) is 12.1 Å². The van der Waals surface area contributed by atoms with Crippen LogP contribution in [0.25, 0.3) is 10.2 Å². The molecule has 0 saturated carbocycles. The van der Waals surface area contributed by atoms with Crippen LogP contribution in [0, 0.1) is 6.92 Å². The normalized spacial score (nSPS) is 11.5. The maximum Gasteiger partial charge on any atom is 0.255 e. The lowest BCUT2D eigenvalue weighted by atomic mass is 9.87. The third kappa shape index (κ3) is 6.42. The molecule has 1 heterocycles. The average Bonchev–Trinajstić information content (AvgIpc) is 3.22. The average molecular weight is 524 g/mol.